The number of aromatic amines is 1. The summed E-state index contributed by atoms with van der Waals surface area (Å²) in [4.78, 5) is 22.3. The molecule has 0 aromatic carbocycles. The van der Waals surface area contributed by atoms with E-state index < -0.39 is 67.9 Å². The maximum Gasteiger partial charge on any atom is 0.280 e. The van der Waals surface area contributed by atoms with E-state index in [0.29, 0.717) is 0 Å². The van der Waals surface area contributed by atoms with E-state index in [1.165, 1.54) is 10.9 Å². The predicted molar refractivity (Wildman–Crippen MR) is 92.2 cm³/mol. The quantitative estimate of drug-likeness (QED) is 0.247. The molecule has 2 aromatic rings. The van der Waals surface area contributed by atoms with Crippen LogP contribution in [0.2, 0.25) is 0 Å². The van der Waals surface area contributed by atoms with Crippen LogP contribution in [-0.4, -0.2) is 101 Å². The van der Waals surface area contributed by atoms with Crippen molar-refractivity contribution in [3.63, 3.8) is 0 Å². The number of nitrogens with zero attached hydrogens (tertiary/aromatic N) is 3. The maximum atomic E-state index is 12.0. The molecule has 160 valence electrons. The lowest BCUT2D eigenvalue weighted by atomic mass is 10.1. The monoisotopic (exact) mass is 415 g/mol. The highest BCUT2D eigenvalue weighted by molar-refractivity contribution is 5.70. The van der Waals surface area contributed by atoms with Crippen molar-refractivity contribution in [2.45, 2.75) is 49.1 Å². The Kier molecular flexibility index (Phi) is 5.26. The largest absolute Gasteiger partial charge is 0.394 e. The SMILES string of the molecule is Nc1nc2c(ncn2[C@@H]2O[C@H](CO)[C@H](O)[C@H]2OC2O[C@H](CO)[C@@H](O)[C@H]2O)c(=O)[nH]1. The van der Waals surface area contributed by atoms with Gasteiger partial charge in [-0.05, 0) is 0 Å². The molecule has 0 aliphatic carbocycles. The molecule has 0 saturated carbocycles. The smallest absolute Gasteiger partial charge is 0.280 e. The summed E-state index contributed by atoms with van der Waals surface area (Å²) in [5.41, 5.74) is 5.03. The number of H-pyrrole nitrogens is 1. The highest BCUT2D eigenvalue weighted by Crippen LogP contribution is 2.36. The summed E-state index contributed by atoms with van der Waals surface area (Å²) in [5.74, 6) is -0.164. The average molecular weight is 415 g/mol. The van der Waals surface area contributed by atoms with Crippen LogP contribution in [0.4, 0.5) is 5.95 Å². The maximum absolute atomic E-state index is 12.0. The first kappa shape index (κ1) is 20.1. The van der Waals surface area contributed by atoms with E-state index in [4.69, 9.17) is 19.9 Å². The van der Waals surface area contributed by atoms with Gasteiger partial charge in [-0.2, -0.15) is 4.98 Å². The van der Waals surface area contributed by atoms with E-state index in [-0.39, 0.29) is 17.1 Å². The van der Waals surface area contributed by atoms with Crippen molar-refractivity contribution in [3.8, 4) is 0 Å². The Balaban J connectivity index is 1.68. The van der Waals surface area contributed by atoms with Gasteiger partial charge in [-0.3, -0.25) is 14.3 Å². The standard InChI is InChI=1S/C15H21N5O9/c16-15-18-11-6(12(26)19-15)17-3-20(11)13-10(8(24)5(2-22)27-13)29-14-9(25)7(23)4(1-21)28-14/h3-5,7-10,13-14,21-25H,1-2H2,(H3,16,18,19,26)/t4-,5-,7-,8+,9-,10-,13-,14?/m1/s1. The zero-order valence-electron chi connectivity index (χ0n) is 14.9. The van der Waals surface area contributed by atoms with Gasteiger partial charge in [0.05, 0.1) is 19.5 Å². The Morgan fingerprint density at radius 3 is 2.48 bits per heavy atom. The third-order valence-electron chi connectivity index (χ3n) is 5.01. The number of ether oxygens (including phenoxy) is 3. The van der Waals surface area contributed by atoms with Crippen LogP contribution in [0, 0.1) is 0 Å². The van der Waals surface area contributed by atoms with Crippen LogP contribution < -0.4 is 11.3 Å². The first-order chi connectivity index (χ1) is 13.8. The Labute approximate surface area is 162 Å². The molecule has 4 rings (SSSR count). The number of hydrogen-bond acceptors (Lipinski definition) is 12. The summed E-state index contributed by atoms with van der Waals surface area (Å²) >= 11 is 0. The number of nitrogens with two attached hydrogens (primary N) is 1. The molecule has 8 N–H and O–H groups in total. The molecule has 0 radical (unpaired) electrons. The lowest BCUT2D eigenvalue weighted by Crippen LogP contribution is -2.42. The third-order valence-corrected chi connectivity index (χ3v) is 5.01. The molecule has 0 bridgehead atoms. The fraction of sp³-hybridized carbons (Fsp3) is 0.667. The number of anilines is 1. The minimum absolute atomic E-state index is 0.0311. The molecule has 14 nitrogen and oxygen atoms in total. The average Bonchev–Trinajstić information content (AvgIpc) is 3.32. The van der Waals surface area contributed by atoms with Crippen LogP contribution >= 0.6 is 0 Å². The Morgan fingerprint density at radius 2 is 1.83 bits per heavy atom. The first-order valence-corrected chi connectivity index (χ1v) is 8.80. The highest BCUT2D eigenvalue weighted by Gasteiger charge is 2.51. The van der Waals surface area contributed by atoms with Gasteiger partial charge in [0.1, 0.15) is 36.6 Å². The summed E-state index contributed by atoms with van der Waals surface area (Å²) in [6.45, 7) is -1.10. The van der Waals surface area contributed by atoms with Gasteiger partial charge in [-0.15, -0.1) is 0 Å². The van der Waals surface area contributed by atoms with Crippen molar-refractivity contribution in [1.82, 2.24) is 19.5 Å². The second kappa shape index (κ2) is 7.58. The van der Waals surface area contributed by atoms with Gasteiger partial charge >= 0.3 is 0 Å². The first-order valence-electron chi connectivity index (χ1n) is 8.80. The number of aromatic nitrogens is 4. The fourth-order valence-electron chi connectivity index (χ4n) is 3.50. The van der Waals surface area contributed by atoms with Crippen molar-refractivity contribution in [2.24, 2.45) is 0 Å². The molecule has 29 heavy (non-hydrogen) atoms. The van der Waals surface area contributed by atoms with Gasteiger partial charge in [0.2, 0.25) is 5.95 Å². The van der Waals surface area contributed by atoms with Gasteiger partial charge in [0, 0.05) is 0 Å². The molecule has 0 amide bonds. The van der Waals surface area contributed by atoms with E-state index in [2.05, 4.69) is 15.0 Å². The van der Waals surface area contributed by atoms with Crippen LogP contribution in [0.3, 0.4) is 0 Å². The Morgan fingerprint density at radius 1 is 1.14 bits per heavy atom. The van der Waals surface area contributed by atoms with Gasteiger partial charge in [0.25, 0.3) is 5.56 Å². The number of aliphatic hydroxyl groups excluding tert-OH is 5. The molecule has 2 saturated heterocycles. The third kappa shape index (κ3) is 3.28. The lowest BCUT2D eigenvalue weighted by molar-refractivity contribution is -0.219. The molecule has 8 atom stereocenters. The molecule has 4 heterocycles. The number of nitrogen functional groups attached to an aromatic ring is 1. The van der Waals surface area contributed by atoms with Crippen molar-refractivity contribution in [1.29, 1.82) is 0 Å². The van der Waals surface area contributed by atoms with Crippen LogP contribution in [0.15, 0.2) is 11.1 Å². The number of nitrogens with one attached hydrogen (secondary N) is 1. The Bertz CT molecular complexity index is 935. The van der Waals surface area contributed by atoms with Gasteiger partial charge in [-0.25, -0.2) is 4.98 Å². The molecular weight excluding hydrogens is 394 g/mol. The number of rotatable bonds is 5. The zero-order chi connectivity index (χ0) is 20.9. The number of fused-ring (bicyclic) bond motifs is 1. The zero-order valence-corrected chi connectivity index (χ0v) is 14.9. The normalized spacial score (nSPS) is 37.6. The summed E-state index contributed by atoms with van der Waals surface area (Å²) in [5, 5.41) is 49.2. The van der Waals surface area contributed by atoms with Crippen LogP contribution in [0.1, 0.15) is 6.23 Å². The molecule has 2 aliphatic rings. The second-order valence-corrected chi connectivity index (χ2v) is 6.82. The molecule has 14 heteroatoms. The molecule has 2 fully saturated rings. The van der Waals surface area contributed by atoms with Crippen LogP contribution in [0.5, 0.6) is 0 Å². The summed E-state index contributed by atoms with van der Waals surface area (Å²) in [7, 11) is 0. The summed E-state index contributed by atoms with van der Waals surface area (Å²) in [6.07, 6.45) is -8.87. The summed E-state index contributed by atoms with van der Waals surface area (Å²) < 4.78 is 17.9. The van der Waals surface area contributed by atoms with Gasteiger partial charge in [0.15, 0.2) is 23.7 Å². The van der Waals surface area contributed by atoms with E-state index in [1.807, 2.05) is 0 Å². The number of imidazole rings is 1. The van der Waals surface area contributed by atoms with Crippen molar-refractivity contribution in [2.75, 3.05) is 18.9 Å². The lowest BCUT2D eigenvalue weighted by Gasteiger charge is -2.26. The highest BCUT2D eigenvalue weighted by atomic mass is 16.7. The molecule has 2 aliphatic heterocycles. The van der Waals surface area contributed by atoms with Crippen LogP contribution in [-0.2, 0) is 14.2 Å². The van der Waals surface area contributed by atoms with Gasteiger partial charge < -0.3 is 45.5 Å². The van der Waals surface area contributed by atoms with Gasteiger partial charge in [-0.1, -0.05) is 0 Å². The molecule has 1 unspecified atom stereocenters. The van der Waals surface area contributed by atoms with E-state index in [1.54, 1.807) is 0 Å². The van der Waals surface area contributed by atoms with E-state index >= 15 is 0 Å². The predicted octanol–water partition coefficient (Wildman–Crippen LogP) is -4.22. The molecule has 2 aromatic heterocycles. The molecular formula is C15H21N5O9. The minimum atomic E-state index is -1.50. The second-order valence-electron chi connectivity index (χ2n) is 6.82. The van der Waals surface area contributed by atoms with Crippen LogP contribution in [0.25, 0.3) is 11.2 Å². The number of aliphatic hydroxyl groups is 5. The number of hydrogen-bond donors (Lipinski definition) is 7. The van der Waals surface area contributed by atoms with Crippen molar-refractivity contribution >= 4 is 17.1 Å². The fourth-order valence-corrected chi connectivity index (χ4v) is 3.50. The molecule has 0 spiro atoms. The van der Waals surface area contributed by atoms with Crippen molar-refractivity contribution in [3.05, 3.63) is 16.7 Å². The van der Waals surface area contributed by atoms with E-state index in [0.717, 1.165) is 0 Å². The summed E-state index contributed by atoms with van der Waals surface area (Å²) in [6, 6.07) is 0. The minimum Gasteiger partial charge on any atom is -0.394 e. The van der Waals surface area contributed by atoms with E-state index in [9.17, 15) is 30.3 Å². The Hall–Kier alpha value is -2.17. The topological polar surface area (TPSA) is 218 Å². The van der Waals surface area contributed by atoms with Crippen molar-refractivity contribution < 1.29 is 39.7 Å².